The monoisotopic (exact) mass is 224 g/mol. The Hall–Kier alpha value is -0.590. The third kappa shape index (κ3) is 3.47. The van der Waals surface area contributed by atoms with Crippen molar-refractivity contribution < 1.29 is 5.11 Å². The smallest absolute Gasteiger partial charge is 0.0684 e. The molecule has 1 heterocycles. The molecule has 0 aromatic rings. The van der Waals surface area contributed by atoms with Crippen molar-refractivity contribution in [3.05, 3.63) is 0 Å². The molecule has 1 N–H and O–H groups in total. The first-order chi connectivity index (χ1) is 7.50. The van der Waals surface area contributed by atoms with Gasteiger partial charge in [-0.15, -0.1) is 0 Å². The van der Waals surface area contributed by atoms with Crippen molar-refractivity contribution in [2.45, 2.75) is 46.1 Å². The van der Waals surface area contributed by atoms with Gasteiger partial charge >= 0.3 is 0 Å². The molecule has 0 saturated carbocycles. The molecule has 0 aromatic heterocycles. The third-order valence-corrected chi connectivity index (χ3v) is 3.74. The molecule has 3 heteroatoms. The van der Waals surface area contributed by atoms with Crippen molar-refractivity contribution >= 4 is 0 Å². The number of nitrogens with zero attached hydrogens (tertiary/aromatic N) is 2. The second-order valence-electron chi connectivity index (χ2n) is 5.65. The van der Waals surface area contributed by atoms with E-state index in [1.807, 2.05) is 13.8 Å². The van der Waals surface area contributed by atoms with E-state index in [0.29, 0.717) is 12.0 Å². The van der Waals surface area contributed by atoms with Gasteiger partial charge in [-0.05, 0) is 45.6 Å². The standard InChI is InChI=1S/C13H24N2O/c1-11-5-4-7-15(12(11)9-16)8-6-13(2,3)10-14/h11-12,16H,4-9H2,1-3H3. The zero-order valence-electron chi connectivity index (χ0n) is 10.7. The molecule has 1 rings (SSSR count). The zero-order valence-corrected chi connectivity index (χ0v) is 10.7. The van der Waals surface area contributed by atoms with E-state index >= 15 is 0 Å². The van der Waals surface area contributed by atoms with Crippen molar-refractivity contribution in [2.75, 3.05) is 19.7 Å². The van der Waals surface area contributed by atoms with Crippen molar-refractivity contribution in [2.24, 2.45) is 11.3 Å². The minimum atomic E-state index is -0.249. The summed E-state index contributed by atoms with van der Waals surface area (Å²) in [5.41, 5.74) is -0.249. The van der Waals surface area contributed by atoms with Gasteiger partial charge in [0.15, 0.2) is 0 Å². The van der Waals surface area contributed by atoms with E-state index in [1.54, 1.807) is 0 Å². The summed E-state index contributed by atoms with van der Waals surface area (Å²) in [7, 11) is 0. The van der Waals surface area contributed by atoms with Gasteiger partial charge in [-0.25, -0.2) is 0 Å². The second kappa shape index (κ2) is 5.65. The van der Waals surface area contributed by atoms with Crippen LogP contribution >= 0.6 is 0 Å². The maximum atomic E-state index is 9.41. The molecule has 0 radical (unpaired) electrons. The van der Waals surface area contributed by atoms with Crippen LogP contribution < -0.4 is 0 Å². The summed E-state index contributed by atoms with van der Waals surface area (Å²) in [5.74, 6) is 0.573. The molecular formula is C13H24N2O. The molecule has 1 fully saturated rings. The summed E-state index contributed by atoms with van der Waals surface area (Å²) < 4.78 is 0. The quantitative estimate of drug-likeness (QED) is 0.794. The van der Waals surface area contributed by atoms with Crippen LogP contribution in [-0.4, -0.2) is 35.7 Å². The van der Waals surface area contributed by atoms with Crippen LogP contribution in [0.25, 0.3) is 0 Å². The summed E-state index contributed by atoms with van der Waals surface area (Å²) in [6.45, 7) is 8.41. The van der Waals surface area contributed by atoms with E-state index < -0.39 is 0 Å². The van der Waals surface area contributed by atoms with Gasteiger partial charge in [0, 0.05) is 12.6 Å². The normalized spacial score (nSPS) is 27.7. The fraction of sp³-hybridized carbons (Fsp3) is 0.923. The SMILES string of the molecule is CC1CCCN(CCC(C)(C)C#N)C1CO. The van der Waals surface area contributed by atoms with Crippen molar-refractivity contribution in [1.29, 1.82) is 5.26 Å². The van der Waals surface area contributed by atoms with E-state index in [9.17, 15) is 5.11 Å². The first-order valence-corrected chi connectivity index (χ1v) is 6.26. The zero-order chi connectivity index (χ0) is 12.2. The highest BCUT2D eigenvalue weighted by Crippen LogP contribution is 2.26. The molecule has 1 aliphatic rings. The number of aliphatic hydroxyl groups excluding tert-OH is 1. The first-order valence-electron chi connectivity index (χ1n) is 6.26. The van der Waals surface area contributed by atoms with Gasteiger partial charge < -0.3 is 5.11 Å². The molecule has 0 bridgehead atoms. The largest absolute Gasteiger partial charge is 0.395 e. The number of hydrogen-bond donors (Lipinski definition) is 1. The Morgan fingerprint density at radius 2 is 2.19 bits per heavy atom. The van der Waals surface area contributed by atoms with Gasteiger partial charge in [-0.1, -0.05) is 6.92 Å². The van der Waals surface area contributed by atoms with Gasteiger partial charge in [-0.3, -0.25) is 4.90 Å². The Morgan fingerprint density at radius 3 is 2.75 bits per heavy atom. The van der Waals surface area contributed by atoms with E-state index in [-0.39, 0.29) is 12.0 Å². The number of hydrogen-bond acceptors (Lipinski definition) is 3. The van der Waals surface area contributed by atoms with Crippen LogP contribution in [-0.2, 0) is 0 Å². The average molecular weight is 224 g/mol. The predicted octanol–water partition coefficient (Wildman–Crippen LogP) is 2.02. The molecule has 92 valence electrons. The van der Waals surface area contributed by atoms with E-state index in [1.165, 1.54) is 12.8 Å². The lowest BCUT2D eigenvalue weighted by molar-refractivity contribution is 0.0473. The molecule has 1 saturated heterocycles. The molecular weight excluding hydrogens is 200 g/mol. The predicted molar refractivity (Wildman–Crippen MR) is 64.9 cm³/mol. The van der Waals surface area contributed by atoms with Crippen molar-refractivity contribution in [3.8, 4) is 6.07 Å². The van der Waals surface area contributed by atoms with Crippen LogP contribution in [0.2, 0.25) is 0 Å². The Morgan fingerprint density at radius 1 is 1.50 bits per heavy atom. The van der Waals surface area contributed by atoms with Crippen molar-refractivity contribution in [1.82, 2.24) is 4.90 Å². The number of nitriles is 1. The molecule has 0 amide bonds. The maximum absolute atomic E-state index is 9.41. The molecule has 0 spiro atoms. The molecule has 16 heavy (non-hydrogen) atoms. The molecule has 3 nitrogen and oxygen atoms in total. The Balaban J connectivity index is 2.49. The minimum absolute atomic E-state index is 0.244. The van der Waals surface area contributed by atoms with E-state index in [2.05, 4.69) is 17.9 Å². The summed E-state index contributed by atoms with van der Waals surface area (Å²) in [5, 5.41) is 18.4. The lowest BCUT2D eigenvalue weighted by Crippen LogP contribution is -2.47. The third-order valence-electron chi connectivity index (χ3n) is 3.74. The second-order valence-corrected chi connectivity index (χ2v) is 5.65. The highest BCUT2D eigenvalue weighted by molar-refractivity contribution is 4.93. The lowest BCUT2D eigenvalue weighted by atomic mass is 9.88. The van der Waals surface area contributed by atoms with Crippen LogP contribution in [0.5, 0.6) is 0 Å². The van der Waals surface area contributed by atoms with Crippen LogP contribution in [0.4, 0.5) is 0 Å². The van der Waals surface area contributed by atoms with Gasteiger partial charge in [0.2, 0.25) is 0 Å². The van der Waals surface area contributed by atoms with Crippen LogP contribution in [0, 0.1) is 22.7 Å². The Bertz CT molecular complexity index is 257. The fourth-order valence-electron chi connectivity index (χ4n) is 2.39. The van der Waals surface area contributed by atoms with Crippen LogP contribution in [0.3, 0.4) is 0 Å². The van der Waals surface area contributed by atoms with E-state index in [0.717, 1.165) is 19.5 Å². The van der Waals surface area contributed by atoms with Gasteiger partial charge in [0.25, 0.3) is 0 Å². The fourth-order valence-corrected chi connectivity index (χ4v) is 2.39. The molecule has 0 aliphatic carbocycles. The number of aliphatic hydroxyl groups is 1. The van der Waals surface area contributed by atoms with Crippen LogP contribution in [0.15, 0.2) is 0 Å². The molecule has 0 aromatic carbocycles. The number of rotatable bonds is 4. The number of piperidine rings is 1. The molecule has 1 aliphatic heterocycles. The maximum Gasteiger partial charge on any atom is 0.0684 e. The van der Waals surface area contributed by atoms with Gasteiger partial charge in [0.1, 0.15) is 0 Å². The Kier molecular flexibility index (Phi) is 4.76. The summed E-state index contributed by atoms with van der Waals surface area (Å²) in [6.07, 6.45) is 3.31. The van der Waals surface area contributed by atoms with Crippen molar-refractivity contribution in [3.63, 3.8) is 0 Å². The highest BCUT2D eigenvalue weighted by Gasteiger charge is 2.29. The highest BCUT2D eigenvalue weighted by atomic mass is 16.3. The molecule has 2 unspecified atom stereocenters. The first kappa shape index (κ1) is 13.5. The van der Waals surface area contributed by atoms with E-state index in [4.69, 9.17) is 5.26 Å². The van der Waals surface area contributed by atoms with Gasteiger partial charge in [0.05, 0.1) is 18.1 Å². The Labute approximate surface area is 99.1 Å². The lowest BCUT2D eigenvalue weighted by Gasteiger charge is -2.39. The topological polar surface area (TPSA) is 47.3 Å². The minimum Gasteiger partial charge on any atom is -0.395 e. The summed E-state index contributed by atoms with van der Waals surface area (Å²) >= 11 is 0. The van der Waals surface area contributed by atoms with Crippen LogP contribution in [0.1, 0.15) is 40.0 Å². The molecule has 2 atom stereocenters. The summed E-state index contributed by atoms with van der Waals surface area (Å²) in [6, 6.07) is 2.63. The summed E-state index contributed by atoms with van der Waals surface area (Å²) in [4.78, 5) is 2.35. The number of likely N-dealkylation sites (tertiary alicyclic amines) is 1. The van der Waals surface area contributed by atoms with Gasteiger partial charge in [-0.2, -0.15) is 5.26 Å². The average Bonchev–Trinajstić information content (AvgIpc) is 2.26.